The Morgan fingerprint density at radius 2 is 0.702 bits per heavy atom. The van der Waals surface area contributed by atoms with Crippen LogP contribution in [0, 0.1) is 11.8 Å². The first-order chi connectivity index (χ1) is 22.6. The van der Waals surface area contributed by atoms with Crippen molar-refractivity contribution >= 4 is 0 Å². The maximum atomic E-state index is 5.47. The average Bonchev–Trinajstić information content (AvgIpc) is 3.03. The fraction of sp³-hybridized carbons (Fsp3) is 1.00. The molecule has 0 bridgehead atoms. The molecule has 0 aliphatic rings. The Kier molecular flexibility index (Phi) is 141. The summed E-state index contributed by atoms with van der Waals surface area (Å²) >= 11 is 0. The van der Waals surface area contributed by atoms with E-state index in [9.17, 15) is 0 Å². The molecule has 0 aliphatic carbocycles. The monoisotopic (exact) mass is 696 g/mol. The fourth-order valence-electron chi connectivity index (χ4n) is 2.19. The third kappa shape index (κ3) is 156. The van der Waals surface area contributed by atoms with Crippen LogP contribution >= 0.6 is 0 Å². The van der Waals surface area contributed by atoms with Crippen molar-refractivity contribution in [1.82, 2.24) is 0 Å². The Morgan fingerprint density at radius 1 is 0.383 bits per heavy atom. The number of rotatable bonds is 18. The molecule has 0 heterocycles. The number of nitrogens with two attached hydrogens (primary N) is 9. The largest absolute Gasteiger partial charge is 0.385 e. The smallest absolute Gasteiger partial charge is 0.0588 e. The van der Waals surface area contributed by atoms with Crippen LogP contribution in [0.25, 0.3) is 0 Å². The second-order valence-corrected chi connectivity index (χ2v) is 9.10. The van der Waals surface area contributed by atoms with Gasteiger partial charge < -0.3 is 75.3 Å². The van der Waals surface area contributed by atoms with E-state index in [1.807, 2.05) is 48.5 Å². The zero-order valence-corrected chi connectivity index (χ0v) is 33.5. The topological polar surface area (TPSA) is 280 Å². The zero-order valence-electron chi connectivity index (χ0n) is 33.5. The highest BCUT2D eigenvalue weighted by atomic mass is 16.5. The van der Waals surface area contributed by atoms with Crippen LogP contribution in [0.3, 0.4) is 0 Å². The quantitative estimate of drug-likeness (QED) is 0.0918. The minimum atomic E-state index is 0.428. The van der Waals surface area contributed by atoms with Gasteiger partial charge in [-0.05, 0) is 77.5 Å². The lowest BCUT2D eigenvalue weighted by molar-refractivity contribution is 0.0416. The first-order valence-corrected chi connectivity index (χ1v) is 17.5. The van der Waals surface area contributed by atoms with E-state index in [1.165, 1.54) is 0 Å². The number of methoxy groups -OCH3 is 3. The summed E-state index contributed by atoms with van der Waals surface area (Å²) in [6.45, 7) is 27.3. The molecule has 0 amide bonds. The van der Waals surface area contributed by atoms with E-state index in [4.69, 9.17) is 75.3 Å². The van der Waals surface area contributed by atoms with Crippen LogP contribution in [0.15, 0.2) is 0 Å². The van der Waals surface area contributed by atoms with E-state index in [0.717, 1.165) is 111 Å². The van der Waals surface area contributed by atoms with Gasteiger partial charge in [-0.1, -0.05) is 61.8 Å². The van der Waals surface area contributed by atoms with Gasteiger partial charge in [0.2, 0.25) is 0 Å². The highest BCUT2D eigenvalue weighted by Gasteiger charge is 2.08. The first-order valence-electron chi connectivity index (χ1n) is 17.5. The van der Waals surface area contributed by atoms with Gasteiger partial charge in [-0.15, -0.1) is 0 Å². The molecule has 0 aromatic carbocycles. The van der Waals surface area contributed by atoms with E-state index < -0.39 is 0 Å². The minimum absolute atomic E-state index is 0.428. The fourth-order valence-corrected chi connectivity index (χ4v) is 2.19. The number of ether oxygens (including phenoxy) is 5. The molecule has 0 saturated heterocycles. The molecule has 2 unspecified atom stereocenters. The average molecular weight is 696 g/mol. The van der Waals surface area contributed by atoms with Gasteiger partial charge in [0.1, 0.15) is 0 Å². The van der Waals surface area contributed by atoms with Gasteiger partial charge >= 0.3 is 0 Å². The van der Waals surface area contributed by atoms with Crippen molar-refractivity contribution in [3.8, 4) is 0 Å². The van der Waals surface area contributed by atoms with Crippen molar-refractivity contribution in [2.75, 3.05) is 126 Å². The molecule has 300 valence electrons. The molecule has 0 radical (unpaired) electrons. The highest BCUT2D eigenvalue weighted by molar-refractivity contribution is 4.57. The van der Waals surface area contributed by atoms with Crippen molar-refractivity contribution in [3.63, 3.8) is 0 Å². The number of hydrogen-bond donors (Lipinski definition) is 9. The Balaban J connectivity index is -0.0000000557. The molecule has 14 heteroatoms. The highest BCUT2D eigenvalue weighted by Crippen LogP contribution is 2.08. The lowest BCUT2D eigenvalue weighted by Gasteiger charge is -2.15. The molecule has 2 atom stereocenters. The summed E-state index contributed by atoms with van der Waals surface area (Å²) in [5, 5.41) is 0. The minimum Gasteiger partial charge on any atom is -0.385 e. The molecular formula is C33H93N9O5. The lowest BCUT2D eigenvalue weighted by Crippen LogP contribution is -2.18. The Bertz CT molecular complexity index is 342. The molecule has 0 aromatic rings. The predicted octanol–water partition coefficient (Wildman–Crippen LogP) is 1.43. The number of hydrogen-bond acceptors (Lipinski definition) is 14. The van der Waals surface area contributed by atoms with Crippen LogP contribution in [-0.4, -0.2) is 126 Å². The second kappa shape index (κ2) is 96.8. The van der Waals surface area contributed by atoms with E-state index >= 15 is 0 Å². The van der Waals surface area contributed by atoms with Gasteiger partial charge in [0.25, 0.3) is 0 Å². The second-order valence-electron chi connectivity index (χ2n) is 9.10. The Morgan fingerprint density at radius 3 is 0.979 bits per heavy atom. The summed E-state index contributed by atoms with van der Waals surface area (Å²) in [6, 6.07) is 0. The van der Waals surface area contributed by atoms with Gasteiger partial charge in [-0.2, -0.15) is 0 Å². The van der Waals surface area contributed by atoms with E-state index in [2.05, 4.69) is 6.92 Å². The summed E-state index contributed by atoms with van der Waals surface area (Å²) in [4.78, 5) is 0. The summed E-state index contributed by atoms with van der Waals surface area (Å²) < 4.78 is 25.9. The molecule has 0 aromatic heterocycles. The van der Waals surface area contributed by atoms with Gasteiger partial charge in [-0.3, -0.25) is 0 Å². The third-order valence-corrected chi connectivity index (χ3v) is 3.90. The molecule has 0 saturated carbocycles. The molecule has 0 fully saturated rings. The zero-order chi connectivity index (χ0) is 38.8. The Hall–Kier alpha value is -0.560. The molecular weight excluding hydrogens is 602 g/mol. The Labute approximate surface area is 294 Å². The van der Waals surface area contributed by atoms with Crippen LogP contribution in [0.1, 0.15) is 81.1 Å². The van der Waals surface area contributed by atoms with Gasteiger partial charge in [0.15, 0.2) is 0 Å². The van der Waals surface area contributed by atoms with Crippen molar-refractivity contribution in [2.45, 2.75) is 81.1 Å². The van der Waals surface area contributed by atoms with Crippen molar-refractivity contribution in [1.29, 1.82) is 0 Å². The summed E-state index contributed by atoms with van der Waals surface area (Å²) in [5.41, 5.74) is 44.6. The summed E-state index contributed by atoms with van der Waals surface area (Å²) in [6.07, 6.45) is 4.13. The van der Waals surface area contributed by atoms with Crippen LogP contribution < -0.4 is 51.6 Å². The van der Waals surface area contributed by atoms with Crippen molar-refractivity contribution in [2.24, 2.45) is 63.4 Å². The normalized spacial score (nSPS) is 9.96. The van der Waals surface area contributed by atoms with E-state index in [-0.39, 0.29) is 0 Å². The SMILES string of the molecule is CCC(CCOC)COCCN.CCN.CCN.CCN.CCN.CCN.CCN.CCN.COCCC(COC)COCCCN. The van der Waals surface area contributed by atoms with Gasteiger partial charge in [0.05, 0.1) is 19.8 Å². The maximum absolute atomic E-state index is 5.47. The van der Waals surface area contributed by atoms with Gasteiger partial charge in [-0.25, -0.2) is 0 Å². The van der Waals surface area contributed by atoms with Crippen molar-refractivity contribution < 1.29 is 23.7 Å². The molecule has 18 N–H and O–H groups in total. The van der Waals surface area contributed by atoms with E-state index in [1.54, 1.807) is 21.3 Å². The molecule has 0 rings (SSSR count). The predicted molar refractivity (Wildman–Crippen MR) is 210 cm³/mol. The molecule has 47 heavy (non-hydrogen) atoms. The van der Waals surface area contributed by atoms with Gasteiger partial charge in [0, 0.05) is 60.2 Å². The molecule has 0 spiro atoms. The lowest BCUT2D eigenvalue weighted by atomic mass is 10.0. The van der Waals surface area contributed by atoms with Crippen LogP contribution in [0.5, 0.6) is 0 Å². The summed E-state index contributed by atoms with van der Waals surface area (Å²) in [7, 11) is 5.15. The van der Waals surface area contributed by atoms with E-state index in [0.29, 0.717) is 31.5 Å². The van der Waals surface area contributed by atoms with Crippen molar-refractivity contribution in [3.05, 3.63) is 0 Å². The third-order valence-electron chi connectivity index (χ3n) is 3.90. The molecule has 14 nitrogen and oxygen atoms in total. The molecule has 0 aliphatic heterocycles. The van der Waals surface area contributed by atoms with Crippen LogP contribution in [0.4, 0.5) is 0 Å². The maximum Gasteiger partial charge on any atom is 0.0588 e. The first kappa shape index (κ1) is 68.4. The van der Waals surface area contributed by atoms with Crippen LogP contribution in [0.2, 0.25) is 0 Å². The summed E-state index contributed by atoms with van der Waals surface area (Å²) in [5.74, 6) is 1.05. The standard InChI is InChI=1S/C10H23NO3.C9H21NO2.7C2H7N/c1-12-7-4-10(8-13-2)9-14-6-3-5-11;1-3-9(4-6-11-2)8-12-7-5-10;7*1-2-3/h10H,3-9,11H2,1-2H3;9H,3-8,10H2,1-2H3;7*2-3H2,1H3. The van der Waals surface area contributed by atoms with Crippen LogP contribution in [-0.2, 0) is 23.7 Å².